The molecule has 0 aliphatic carbocycles. The van der Waals surface area contributed by atoms with Crippen LogP contribution in [0.15, 0.2) is 24.3 Å². The third-order valence-corrected chi connectivity index (χ3v) is 4.67. The predicted molar refractivity (Wildman–Crippen MR) is 96.8 cm³/mol. The van der Waals surface area contributed by atoms with Crippen molar-refractivity contribution in [3.63, 3.8) is 0 Å². The number of hydrogen-bond donors (Lipinski definition) is 1. The first-order chi connectivity index (χ1) is 10.9. The van der Waals surface area contributed by atoms with Crippen LogP contribution < -0.4 is 9.62 Å². The Hall–Kier alpha value is -1.60. The predicted octanol–water partition coefficient (Wildman–Crippen LogP) is 1.90. The Morgan fingerprint density at radius 1 is 1.25 bits per heavy atom. The molecular weight excluding hydrogens is 328 g/mol. The summed E-state index contributed by atoms with van der Waals surface area (Å²) < 4.78 is 30.2. The number of hydrogen-bond acceptors (Lipinski definition) is 4. The molecule has 1 rings (SSSR count). The maximum atomic E-state index is 12.1. The van der Waals surface area contributed by atoms with Crippen molar-refractivity contribution in [2.75, 3.05) is 30.8 Å². The van der Waals surface area contributed by atoms with E-state index in [1.54, 1.807) is 26.2 Å². The van der Waals surface area contributed by atoms with E-state index in [2.05, 4.69) is 26.1 Å². The molecule has 24 heavy (non-hydrogen) atoms. The van der Waals surface area contributed by atoms with Crippen LogP contribution in [-0.4, -0.2) is 46.9 Å². The number of nitrogens with one attached hydrogen (secondary N) is 1. The SMILES string of the molecule is COC[C@H](C)NC(=O)CN(c1ccc(C(C)(C)C)cc1)S(C)(=O)=O. The first kappa shape index (κ1) is 20.4. The van der Waals surface area contributed by atoms with Gasteiger partial charge in [0.2, 0.25) is 15.9 Å². The second-order valence-corrected chi connectivity index (χ2v) is 8.90. The highest BCUT2D eigenvalue weighted by Crippen LogP contribution is 2.25. The lowest BCUT2D eigenvalue weighted by atomic mass is 9.87. The summed E-state index contributed by atoms with van der Waals surface area (Å²) in [6.07, 6.45) is 1.09. The van der Waals surface area contributed by atoms with Gasteiger partial charge in [0.25, 0.3) is 0 Å². The van der Waals surface area contributed by atoms with E-state index in [0.29, 0.717) is 12.3 Å². The Morgan fingerprint density at radius 3 is 2.21 bits per heavy atom. The Bertz CT molecular complexity index is 648. The smallest absolute Gasteiger partial charge is 0.241 e. The third-order valence-electron chi connectivity index (χ3n) is 3.53. The monoisotopic (exact) mass is 356 g/mol. The van der Waals surface area contributed by atoms with Crippen molar-refractivity contribution < 1.29 is 17.9 Å². The summed E-state index contributed by atoms with van der Waals surface area (Å²) in [5.41, 5.74) is 1.54. The molecule has 7 heteroatoms. The highest BCUT2D eigenvalue weighted by Gasteiger charge is 2.22. The number of benzene rings is 1. The number of methoxy groups -OCH3 is 1. The maximum absolute atomic E-state index is 12.1. The average molecular weight is 356 g/mol. The molecule has 1 aromatic rings. The van der Waals surface area contributed by atoms with Crippen LogP contribution >= 0.6 is 0 Å². The number of ether oxygens (including phenoxy) is 1. The second-order valence-electron chi connectivity index (χ2n) is 6.99. The van der Waals surface area contributed by atoms with Crippen LogP contribution in [0.2, 0.25) is 0 Å². The number of amides is 1. The Labute approximate surface area is 145 Å². The molecule has 0 aliphatic rings. The molecule has 6 nitrogen and oxygen atoms in total. The number of carbonyl (C=O) groups excluding carboxylic acids is 1. The van der Waals surface area contributed by atoms with Gasteiger partial charge in [0.1, 0.15) is 6.54 Å². The summed E-state index contributed by atoms with van der Waals surface area (Å²) >= 11 is 0. The topological polar surface area (TPSA) is 75.7 Å². The number of sulfonamides is 1. The molecule has 0 bridgehead atoms. The molecule has 0 radical (unpaired) electrons. The largest absolute Gasteiger partial charge is 0.383 e. The van der Waals surface area contributed by atoms with Gasteiger partial charge in [-0.05, 0) is 30.0 Å². The second kappa shape index (κ2) is 7.98. The molecule has 0 fully saturated rings. The van der Waals surface area contributed by atoms with Gasteiger partial charge in [0, 0.05) is 13.2 Å². The van der Waals surface area contributed by atoms with Crippen LogP contribution in [0.1, 0.15) is 33.3 Å². The molecule has 0 aromatic heterocycles. The van der Waals surface area contributed by atoms with Gasteiger partial charge in [0.15, 0.2) is 0 Å². The summed E-state index contributed by atoms with van der Waals surface area (Å²) in [6.45, 7) is 8.15. The standard InChI is InChI=1S/C17H28N2O4S/c1-13(12-23-5)18-16(20)11-19(24(6,21)22)15-9-7-14(8-10-15)17(2,3)4/h7-10,13H,11-12H2,1-6H3,(H,18,20)/t13-/m0/s1. The van der Waals surface area contributed by atoms with Crippen molar-refractivity contribution in [2.24, 2.45) is 0 Å². The molecule has 0 unspecified atom stereocenters. The molecular formula is C17H28N2O4S. The molecule has 1 atom stereocenters. The molecule has 0 saturated carbocycles. The van der Waals surface area contributed by atoms with Crippen LogP contribution in [0.4, 0.5) is 5.69 Å². The summed E-state index contributed by atoms with van der Waals surface area (Å²) in [4.78, 5) is 12.1. The van der Waals surface area contributed by atoms with Crippen LogP contribution in [0.25, 0.3) is 0 Å². The number of anilines is 1. The Kier molecular flexibility index (Phi) is 6.80. The zero-order valence-corrected chi connectivity index (χ0v) is 16.1. The van der Waals surface area contributed by atoms with Crippen molar-refractivity contribution in [2.45, 2.75) is 39.2 Å². The molecule has 0 heterocycles. The molecule has 1 N–H and O–H groups in total. The quantitative estimate of drug-likeness (QED) is 0.810. The van der Waals surface area contributed by atoms with Crippen molar-refractivity contribution >= 4 is 21.6 Å². The fourth-order valence-corrected chi connectivity index (χ4v) is 3.13. The van der Waals surface area contributed by atoms with Gasteiger partial charge in [-0.1, -0.05) is 32.9 Å². The van der Waals surface area contributed by atoms with E-state index < -0.39 is 10.0 Å². The van der Waals surface area contributed by atoms with Crippen molar-refractivity contribution in [3.8, 4) is 0 Å². The minimum Gasteiger partial charge on any atom is -0.383 e. The normalized spacial score (nSPS) is 13.4. The van der Waals surface area contributed by atoms with E-state index in [1.807, 2.05) is 12.1 Å². The number of carbonyl (C=O) groups is 1. The van der Waals surface area contributed by atoms with Crippen molar-refractivity contribution in [1.82, 2.24) is 5.32 Å². The average Bonchev–Trinajstić information content (AvgIpc) is 2.43. The molecule has 1 amide bonds. The van der Waals surface area contributed by atoms with Gasteiger partial charge in [-0.3, -0.25) is 9.10 Å². The summed E-state index contributed by atoms with van der Waals surface area (Å²) in [5, 5.41) is 2.72. The summed E-state index contributed by atoms with van der Waals surface area (Å²) in [7, 11) is -2.02. The lowest BCUT2D eigenvalue weighted by molar-refractivity contribution is -0.120. The van der Waals surface area contributed by atoms with E-state index in [4.69, 9.17) is 4.74 Å². The fourth-order valence-electron chi connectivity index (χ4n) is 2.27. The first-order valence-corrected chi connectivity index (χ1v) is 9.66. The van der Waals surface area contributed by atoms with E-state index in [9.17, 15) is 13.2 Å². The minimum atomic E-state index is -3.57. The van der Waals surface area contributed by atoms with Crippen LogP contribution in [0.5, 0.6) is 0 Å². The van der Waals surface area contributed by atoms with Gasteiger partial charge < -0.3 is 10.1 Å². The third kappa shape index (κ3) is 6.13. The van der Waals surface area contributed by atoms with Crippen LogP contribution in [-0.2, 0) is 25.0 Å². The van der Waals surface area contributed by atoms with Crippen molar-refractivity contribution in [1.29, 1.82) is 0 Å². The summed E-state index contributed by atoms with van der Waals surface area (Å²) in [6, 6.07) is 7.05. The lowest BCUT2D eigenvalue weighted by Crippen LogP contribution is -2.44. The lowest BCUT2D eigenvalue weighted by Gasteiger charge is -2.25. The maximum Gasteiger partial charge on any atom is 0.241 e. The number of rotatable bonds is 7. The molecule has 136 valence electrons. The Balaban J connectivity index is 2.97. The molecule has 0 saturated heterocycles. The first-order valence-electron chi connectivity index (χ1n) is 7.81. The highest BCUT2D eigenvalue weighted by molar-refractivity contribution is 7.92. The summed E-state index contributed by atoms with van der Waals surface area (Å²) in [5.74, 6) is -0.370. The minimum absolute atomic E-state index is 0.0264. The molecule has 0 spiro atoms. The van der Waals surface area contributed by atoms with E-state index in [0.717, 1.165) is 16.1 Å². The van der Waals surface area contributed by atoms with Crippen molar-refractivity contribution in [3.05, 3.63) is 29.8 Å². The van der Waals surface area contributed by atoms with Gasteiger partial charge >= 0.3 is 0 Å². The van der Waals surface area contributed by atoms with Gasteiger partial charge in [-0.2, -0.15) is 0 Å². The van der Waals surface area contributed by atoms with Gasteiger partial charge in [0.05, 0.1) is 18.6 Å². The Morgan fingerprint density at radius 2 is 1.79 bits per heavy atom. The zero-order valence-electron chi connectivity index (χ0n) is 15.3. The van der Waals surface area contributed by atoms with E-state index >= 15 is 0 Å². The zero-order chi connectivity index (χ0) is 18.5. The van der Waals surface area contributed by atoms with E-state index in [-0.39, 0.29) is 23.9 Å². The van der Waals surface area contributed by atoms with Gasteiger partial charge in [-0.25, -0.2) is 8.42 Å². The highest BCUT2D eigenvalue weighted by atomic mass is 32.2. The molecule has 0 aliphatic heterocycles. The van der Waals surface area contributed by atoms with Crippen LogP contribution in [0, 0.1) is 0 Å². The number of nitrogens with zero attached hydrogens (tertiary/aromatic N) is 1. The van der Waals surface area contributed by atoms with Crippen LogP contribution in [0.3, 0.4) is 0 Å². The van der Waals surface area contributed by atoms with Gasteiger partial charge in [-0.15, -0.1) is 0 Å². The van der Waals surface area contributed by atoms with E-state index in [1.165, 1.54) is 0 Å². The fraction of sp³-hybridized carbons (Fsp3) is 0.588. The molecule has 1 aromatic carbocycles.